The summed E-state index contributed by atoms with van der Waals surface area (Å²) in [5, 5.41) is 2.69. The van der Waals surface area contributed by atoms with Crippen LogP contribution in [0.1, 0.15) is 15.9 Å². The van der Waals surface area contributed by atoms with E-state index < -0.39 is 22.3 Å². The zero-order chi connectivity index (χ0) is 23.6. The molecule has 1 aliphatic heterocycles. The molecule has 0 bridgehead atoms. The molecule has 0 radical (unpaired) electrons. The molecule has 1 aliphatic rings. The number of carbonyl (C=O) groups is 1. The highest BCUT2D eigenvalue weighted by Gasteiger charge is 2.43. The Hall–Kier alpha value is -3.50. The van der Waals surface area contributed by atoms with Crippen molar-refractivity contribution in [2.45, 2.75) is 12.7 Å². The molecule has 0 aliphatic carbocycles. The highest BCUT2D eigenvalue weighted by Crippen LogP contribution is 2.42. The summed E-state index contributed by atoms with van der Waals surface area (Å²) in [5.41, 5.74) is 2.98. The first-order valence-electron chi connectivity index (χ1n) is 9.84. The summed E-state index contributed by atoms with van der Waals surface area (Å²) in [5.74, 6) is -0.705. The van der Waals surface area contributed by atoms with Crippen molar-refractivity contribution in [1.29, 1.82) is 0 Å². The first-order valence-corrected chi connectivity index (χ1v) is 11.7. The number of nitrogens with one attached hydrogen (secondary N) is 1. The van der Waals surface area contributed by atoms with Crippen LogP contribution in [0.25, 0.3) is 11.1 Å². The van der Waals surface area contributed by atoms with Gasteiger partial charge in [0.15, 0.2) is 11.5 Å². The molecule has 33 heavy (non-hydrogen) atoms. The van der Waals surface area contributed by atoms with Gasteiger partial charge in [-0.1, -0.05) is 42.5 Å². The summed E-state index contributed by atoms with van der Waals surface area (Å²) >= 11 is 0. The minimum Gasteiger partial charge on any atom is -0.395 e. The summed E-state index contributed by atoms with van der Waals surface area (Å²) in [7, 11) is -3.49. The minimum atomic E-state index is -3.74. The number of benzene rings is 3. The van der Waals surface area contributed by atoms with Gasteiger partial charge in [0.25, 0.3) is 16.0 Å². The van der Waals surface area contributed by atoms with Gasteiger partial charge >= 0.3 is 6.29 Å². The van der Waals surface area contributed by atoms with Gasteiger partial charge in [0.2, 0.25) is 0 Å². The number of rotatable bonds is 7. The number of fused-ring (bicyclic) bond motifs is 1. The second-order valence-electron chi connectivity index (χ2n) is 7.30. The van der Waals surface area contributed by atoms with Crippen molar-refractivity contribution in [2.75, 3.05) is 18.2 Å². The van der Waals surface area contributed by atoms with E-state index in [1.54, 1.807) is 24.3 Å². The van der Waals surface area contributed by atoms with Crippen LogP contribution in [0.2, 0.25) is 0 Å². The van der Waals surface area contributed by atoms with Gasteiger partial charge in [-0.15, -0.1) is 8.78 Å². The molecule has 10 heteroatoms. The molecule has 3 aromatic carbocycles. The Kier molecular flexibility index (Phi) is 6.05. The monoisotopic (exact) mass is 475 g/mol. The lowest BCUT2D eigenvalue weighted by Crippen LogP contribution is -2.25. The van der Waals surface area contributed by atoms with E-state index in [9.17, 15) is 22.0 Å². The molecule has 7 nitrogen and oxygen atoms in total. The quantitative estimate of drug-likeness (QED) is 0.508. The zero-order valence-electron chi connectivity index (χ0n) is 17.4. The lowest BCUT2D eigenvalue weighted by Gasteiger charge is -2.11. The van der Waals surface area contributed by atoms with Gasteiger partial charge in [0.05, 0.1) is 12.9 Å². The molecule has 3 aromatic rings. The number of anilines is 1. The van der Waals surface area contributed by atoms with Crippen molar-refractivity contribution < 1.29 is 35.6 Å². The molecule has 0 saturated heterocycles. The Morgan fingerprint density at radius 1 is 1.00 bits per heavy atom. The highest BCUT2D eigenvalue weighted by atomic mass is 32.2. The van der Waals surface area contributed by atoms with E-state index >= 15 is 0 Å². The van der Waals surface area contributed by atoms with E-state index in [2.05, 4.69) is 14.8 Å². The molecular weight excluding hydrogens is 456 g/mol. The van der Waals surface area contributed by atoms with E-state index in [1.165, 1.54) is 18.2 Å². The minimum absolute atomic E-state index is 0.0403. The molecule has 1 N–H and O–H groups in total. The van der Waals surface area contributed by atoms with Crippen molar-refractivity contribution in [3.05, 3.63) is 77.9 Å². The zero-order valence-corrected chi connectivity index (χ0v) is 18.2. The number of halogens is 2. The van der Waals surface area contributed by atoms with Gasteiger partial charge in [0, 0.05) is 17.3 Å². The van der Waals surface area contributed by atoms with Crippen LogP contribution < -0.4 is 14.8 Å². The summed E-state index contributed by atoms with van der Waals surface area (Å²) in [6, 6.07) is 18.3. The van der Waals surface area contributed by atoms with Gasteiger partial charge in [0.1, 0.15) is 0 Å². The van der Waals surface area contributed by atoms with Crippen molar-refractivity contribution in [3.8, 4) is 22.6 Å². The predicted octanol–water partition coefficient (Wildman–Crippen LogP) is 4.45. The van der Waals surface area contributed by atoms with Crippen molar-refractivity contribution in [2.24, 2.45) is 0 Å². The average molecular weight is 475 g/mol. The number of alkyl halides is 2. The standard InChI is InChI=1S/C23H19F2NO6S/c1-33(28,29)30-13-12-15-6-8-16(9-7-15)18-4-2-3-5-19(18)22(27)26-17-10-11-20-21(14-17)32-23(24,25)31-20/h2-11,14H,12-13H2,1H3,(H,26,27). The van der Waals surface area contributed by atoms with E-state index in [4.69, 9.17) is 4.18 Å². The van der Waals surface area contributed by atoms with Crippen LogP contribution in [-0.4, -0.2) is 33.5 Å². The fourth-order valence-corrected chi connectivity index (χ4v) is 3.71. The maximum Gasteiger partial charge on any atom is 0.586 e. The third-order valence-electron chi connectivity index (χ3n) is 4.78. The van der Waals surface area contributed by atoms with E-state index in [0.29, 0.717) is 17.5 Å². The summed E-state index contributed by atoms with van der Waals surface area (Å²) in [4.78, 5) is 12.9. The smallest absolute Gasteiger partial charge is 0.395 e. The highest BCUT2D eigenvalue weighted by molar-refractivity contribution is 7.85. The fraction of sp³-hybridized carbons (Fsp3) is 0.174. The summed E-state index contributed by atoms with van der Waals surface area (Å²) < 4.78 is 62.1. The first kappa shape index (κ1) is 22.7. The second-order valence-corrected chi connectivity index (χ2v) is 8.95. The molecule has 1 amide bonds. The van der Waals surface area contributed by atoms with Gasteiger partial charge in [-0.2, -0.15) is 8.42 Å². The van der Waals surface area contributed by atoms with Crippen LogP contribution in [0.15, 0.2) is 66.7 Å². The van der Waals surface area contributed by atoms with Crippen LogP contribution in [0.4, 0.5) is 14.5 Å². The van der Waals surface area contributed by atoms with Crippen molar-refractivity contribution in [3.63, 3.8) is 0 Å². The largest absolute Gasteiger partial charge is 0.586 e. The van der Waals surface area contributed by atoms with Gasteiger partial charge in [-0.25, -0.2) is 0 Å². The maximum absolute atomic E-state index is 13.2. The Bertz CT molecular complexity index is 1290. The van der Waals surface area contributed by atoms with Gasteiger partial charge in [-0.05, 0) is 41.3 Å². The summed E-state index contributed by atoms with van der Waals surface area (Å²) in [6.07, 6.45) is -2.32. The molecular formula is C23H19F2NO6S. The average Bonchev–Trinajstić information content (AvgIpc) is 3.06. The normalized spacial score (nSPS) is 14.2. The molecule has 0 fully saturated rings. The third kappa shape index (κ3) is 5.65. The lowest BCUT2D eigenvalue weighted by atomic mass is 9.97. The SMILES string of the molecule is CS(=O)(=O)OCCc1ccc(-c2ccccc2C(=O)Nc2ccc3c(c2)OC(F)(F)O3)cc1. The Labute approximate surface area is 189 Å². The molecule has 0 spiro atoms. The van der Waals surface area contributed by atoms with E-state index in [0.717, 1.165) is 17.4 Å². The van der Waals surface area contributed by atoms with Crippen molar-refractivity contribution in [1.82, 2.24) is 0 Å². The van der Waals surface area contributed by atoms with Crippen molar-refractivity contribution >= 4 is 21.7 Å². The van der Waals surface area contributed by atoms with Gasteiger partial charge in [-0.3, -0.25) is 8.98 Å². The van der Waals surface area contributed by atoms with Crippen LogP contribution in [0, 0.1) is 0 Å². The Balaban J connectivity index is 1.49. The number of hydrogen-bond donors (Lipinski definition) is 1. The van der Waals surface area contributed by atoms with E-state index in [-0.39, 0.29) is 23.8 Å². The third-order valence-corrected chi connectivity index (χ3v) is 5.38. The molecule has 0 aromatic heterocycles. The van der Waals surface area contributed by atoms with Crippen LogP contribution in [-0.2, 0) is 20.7 Å². The Morgan fingerprint density at radius 3 is 2.42 bits per heavy atom. The second kappa shape index (κ2) is 8.80. The van der Waals surface area contributed by atoms with Crippen LogP contribution >= 0.6 is 0 Å². The molecule has 172 valence electrons. The number of amides is 1. The molecule has 0 saturated carbocycles. The van der Waals surface area contributed by atoms with Crippen LogP contribution in [0.5, 0.6) is 11.5 Å². The van der Waals surface area contributed by atoms with E-state index in [1.807, 2.05) is 24.3 Å². The Morgan fingerprint density at radius 2 is 1.70 bits per heavy atom. The molecule has 4 rings (SSSR count). The number of carbonyl (C=O) groups excluding carboxylic acids is 1. The lowest BCUT2D eigenvalue weighted by molar-refractivity contribution is -0.286. The molecule has 0 atom stereocenters. The van der Waals surface area contributed by atoms with Gasteiger partial charge < -0.3 is 14.8 Å². The molecule has 1 heterocycles. The predicted molar refractivity (Wildman–Crippen MR) is 117 cm³/mol. The number of hydrogen-bond acceptors (Lipinski definition) is 6. The first-order chi connectivity index (χ1) is 15.6. The summed E-state index contributed by atoms with van der Waals surface area (Å²) in [6.45, 7) is 0.0403. The molecule has 0 unspecified atom stereocenters. The van der Waals surface area contributed by atoms with Crippen LogP contribution in [0.3, 0.4) is 0 Å². The maximum atomic E-state index is 13.2. The number of ether oxygens (including phenoxy) is 2. The fourth-order valence-electron chi connectivity index (χ4n) is 3.32. The topological polar surface area (TPSA) is 90.9 Å².